The van der Waals surface area contributed by atoms with Gasteiger partial charge in [-0.3, -0.25) is 9.88 Å². The Kier molecular flexibility index (Phi) is 7.95. The Morgan fingerprint density at radius 1 is 1.08 bits per heavy atom. The number of hydrogen-bond acceptors (Lipinski definition) is 5. The highest BCUT2D eigenvalue weighted by atomic mass is 16.5. The lowest BCUT2D eigenvalue weighted by molar-refractivity contribution is 0.0988. The molecule has 1 heterocycles. The molecule has 1 aromatic carbocycles. The van der Waals surface area contributed by atoms with Crippen LogP contribution in [0.25, 0.3) is 10.9 Å². The second kappa shape index (κ2) is 10.2. The summed E-state index contributed by atoms with van der Waals surface area (Å²) in [5.41, 5.74) is 1.47. The predicted octanol–water partition coefficient (Wildman–Crippen LogP) is 3.98. The van der Waals surface area contributed by atoms with Gasteiger partial charge in [0.1, 0.15) is 17.0 Å². The molecule has 5 nitrogen and oxygen atoms in total. The summed E-state index contributed by atoms with van der Waals surface area (Å²) < 4.78 is 11.0. The van der Waals surface area contributed by atoms with Gasteiger partial charge < -0.3 is 14.6 Å². The molecule has 0 bridgehead atoms. The first-order valence-electron chi connectivity index (χ1n) is 9.14. The smallest absolute Gasteiger partial charge is 0.146 e. The minimum absolute atomic E-state index is 0.240. The lowest BCUT2D eigenvalue weighted by atomic mass is 10.1. The molecule has 2 aromatic rings. The van der Waals surface area contributed by atoms with Crippen molar-refractivity contribution in [3.63, 3.8) is 0 Å². The number of phenols is 1. The molecule has 0 aliphatic rings. The first-order chi connectivity index (χ1) is 12.2. The van der Waals surface area contributed by atoms with Gasteiger partial charge in [-0.1, -0.05) is 26.3 Å². The molecular formula is C20H30N2O3. The molecule has 2 rings (SSSR count). The maximum atomic E-state index is 10.7. The minimum atomic E-state index is 0.240. The molecule has 0 radical (unpaired) electrons. The Bertz CT molecular complexity index is 661. The molecule has 0 amide bonds. The first-order valence-corrected chi connectivity index (χ1v) is 9.14. The van der Waals surface area contributed by atoms with E-state index in [1.54, 1.807) is 19.4 Å². The third-order valence-corrected chi connectivity index (χ3v) is 4.28. The molecule has 0 fully saturated rings. The number of ether oxygens (including phenoxy) is 2. The fourth-order valence-corrected chi connectivity index (χ4v) is 2.89. The lowest BCUT2D eigenvalue weighted by Crippen LogP contribution is -2.28. The molecule has 0 saturated heterocycles. The number of phenolic OH excluding ortho intramolecular Hbond substituents is 1. The highest BCUT2D eigenvalue weighted by Gasteiger charge is 2.13. The second-order valence-electron chi connectivity index (χ2n) is 6.22. The third kappa shape index (κ3) is 5.31. The predicted molar refractivity (Wildman–Crippen MR) is 101 cm³/mol. The minimum Gasteiger partial charge on any atom is -0.505 e. The van der Waals surface area contributed by atoms with E-state index >= 15 is 0 Å². The van der Waals surface area contributed by atoms with Crippen molar-refractivity contribution in [2.45, 2.75) is 39.7 Å². The van der Waals surface area contributed by atoms with E-state index in [4.69, 9.17) is 9.47 Å². The van der Waals surface area contributed by atoms with Crippen LogP contribution in [0.5, 0.6) is 11.5 Å². The van der Waals surface area contributed by atoms with Crippen LogP contribution < -0.4 is 4.74 Å². The van der Waals surface area contributed by atoms with Crippen molar-refractivity contribution in [1.29, 1.82) is 0 Å². The summed E-state index contributed by atoms with van der Waals surface area (Å²) in [5.74, 6) is 0.964. The molecule has 0 unspecified atom stereocenters. The summed E-state index contributed by atoms with van der Waals surface area (Å²) in [7, 11) is 1.63. The molecule has 0 saturated carbocycles. The molecule has 5 heteroatoms. The summed E-state index contributed by atoms with van der Waals surface area (Å²) in [6.07, 6.45) is 4.98. The van der Waals surface area contributed by atoms with Gasteiger partial charge in [0.25, 0.3) is 0 Å². The van der Waals surface area contributed by atoms with Crippen LogP contribution >= 0.6 is 0 Å². The molecule has 25 heavy (non-hydrogen) atoms. The van der Waals surface area contributed by atoms with Crippen LogP contribution in [0.2, 0.25) is 0 Å². The van der Waals surface area contributed by atoms with Crippen molar-refractivity contribution in [3.8, 4) is 11.5 Å². The van der Waals surface area contributed by atoms with Gasteiger partial charge in [-0.05, 0) is 31.5 Å². The number of benzene rings is 1. The number of rotatable bonds is 11. The maximum Gasteiger partial charge on any atom is 0.146 e. The SMILES string of the molecule is CCCCOCCN(CCC)Cc1ccc2c(OC)ccnc2c1O. The maximum absolute atomic E-state index is 10.7. The molecule has 0 aliphatic carbocycles. The number of nitrogens with zero attached hydrogens (tertiary/aromatic N) is 2. The summed E-state index contributed by atoms with van der Waals surface area (Å²) in [6.45, 7) is 8.39. The van der Waals surface area contributed by atoms with Gasteiger partial charge in [0.15, 0.2) is 0 Å². The first kappa shape index (κ1) is 19.5. The van der Waals surface area contributed by atoms with E-state index in [-0.39, 0.29) is 5.75 Å². The Labute approximate surface area is 150 Å². The van der Waals surface area contributed by atoms with E-state index in [0.29, 0.717) is 12.1 Å². The van der Waals surface area contributed by atoms with E-state index in [0.717, 1.165) is 62.3 Å². The number of aromatic hydroxyl groups is 1. The summed E-state index contributed by atoms with van der Waals surface area (Å²) >= 11 is 0. The van der Waals surface area contributed by atoms with Gasteiger partial charge in [-0.25, -0.2) is 0 Å². The largest absolute Gasteiger partial charge is 0.505 e. The van der Waals surface area contributed by atoms with Crippen molar-refractivity contribution in [2.75, 3.05) is 33.4 Å². The van der Waals surface area contributed by atoms with Crippen molar-refractivity contribution < 1.29 is 14.6 Å². The summed E-state index contributed by atoms with van der Waals surface area (Å²) in [4.78, 5) is 6.64. The van der Waals surface area contributed by atoms with Crippen LogP contribution in [0.3, 0.4) is 0 Å². The summed E-state index contributed by atoms with van der Waals surface area (Å²) in [5, 5.41) is 11.5. The fraction of sp³-hybridized carbons (Fsp3) is 0.550. The lowest BCUT2D eigenvalue weighted by Gasteiger charge is -2.22. The van der Waals surface area contributed by atoms with Crippen LogP contribution in [0.1, 0.15) is 38.7 Å². The van der Waals surface area contributed by atoms with E-state index in [1.165, 1.54) is 0 Å². The quantitative estimate of drug-likeness (QED) is 0.624. The molecule has 0 spiro atoms. The summed E-state index contributed by atoms with van der Waals surface area (Å²) in [6, 6.07) is 5.74. The van der Waals surface area contributed by atoms with Crippen LogP contribution in [0, 0.1) is 0 Å². The Hall–Kier alpha value is -1.85. The molecule has 0 aliphatic heterocycles. The fourth-order valence-electron chi connectivity index (χ4n) is 2.89. The molecular weight excluding hydrogens is 316 g/mol. The van der Waals surface area contributed by atoms with Gasteiger partial charge in [0, 0.05) is 36.8 Å². The van der Waals surface area contributed by atoms with Crippen molar-refractivity contribution in [3.05, 3.63) is 30.0 Å². The van der Waals surface area contributed by atoms with E-state index in [1.807, 2.05) is 12.1 Å². The topological polar surface area (TPSA) is 54.8 Å². The second-order valence-corrected chi connectivity index (χ2v) is 6.22. The number of unbranched alkanes of at least 4 members (excludes halogenated alkanes) is 1. The Morgan fingerprint density at radius 2 is 1.92 bits per heavy atom. The van der Waals surface area contributed by atoms with E-state index in [2.05, 4.69) is 23.7 Å². The molecule has 138 valence electrons. The standard InChI is InChI=1S/C20H30N2O3/c1-4-6-13-25-14-12-22(11-5-2)15-16-7-8-17-18(24-3)9-10-21-19(17)20(16)23/h7-10,23H,4-6,11-15H2,1-3H3. The van der Waals surface area contributed by atoms with Crippen molar-refractivity contribution in [2.24, 2.45) is 0 Å². The van der Waals surface area contributed by atoms with Crippen LogP contribution in [-0.2, 0) is 11.3 Å². The van der Waals surface area contributed by atoms with Crippen LogP contribution in [-0.4, -0.2) is 48.4 Å². The average Bonchev–Trinajstić information content (AvgIpc) is 2.63. The van der Waals surface area contributed by atoms with Gasteiger partial charge in [-0.2, -0.15) is 0 Å². The number of pyridine rings is 1. The zero-order chi connectivity index (χ0) is 18.1. The highest BCUT2D eigenvalue weighted by molar-refractivity contribution is 5.90. The van der Waals surface area contributed by atoms with Crippen LogP contribution in [0.4, 0.5) is 0 Å². The number of hydrogen-bond donors (Lipinski definition) is 1. The zero-order valence-corrected chi connectivity index (χ0v) is 15.6. The number of methoxy groups -OCH3 is 1. The van der Waals surface area contributed by atoms with E-state index < -0.39 is 0 Å². The normalized spacial score (nSPS) is 11.4. The molecule has 1 aromatic heterocycles. The number of fused-ring (bicyclic) bond motifs is 1. The third-order valence-electron chi connectivity index (χ3n) is 4.28. The average molecular weight is 346 g/mol. The van der Waals surface area contributed by atoms with Gasteiger partial charge in [-0.15, -0.1) is 0 Å². The van der Waals surface area contributed by atoms with Crippen molar-refractivity contribution >= 4 is 10.9 Å². The number of aromatic nitrogens is 1. The molecule has 0 atom stereocenters. The van der Waals surface area contributed by atoms with Gasteiger partial charge >= 0.3 is 0 Å². The Balaban J connectivity index is 2.09. The van der Waals surface area contributed by atoms with Crippen LogP contribution in [0.15, 0.2) is 24.4 Å². The van der Waals surface area contributed by atoms with Crippen molar-refractivity contribution in [1.82, 2.24) is 9.88 Å². The zero-order valence-electron chi connectivity index (χ0n) is 15.6. The Morgan fingerprint density at radius 3 is 2.64 bits per heavy atom. The monoisotopic (exact) mass is 346 g/mol. The molecule has 1 N–H and O–H groups in total. The van der Waals surface area contributed by atoms with Gasteiger partial charge in [0.05, 0.1) is 13.7 Å². The highest BCUT2D eigenvalue weighted by Crippen LogP contribution is 2.32. The van der Waals surface area contributed by atoms with Gasteiger partial charge in [0.2, 0.25) is 0 Å². The van der Waals surface area contributed by atoms with E-state index in [9.17, 15) is 5.11 Å².